The van der Waals surface area contributed by atoms with E-state index in [-0.39, 0.29) is 12.1 Å². The highest BCUT2D eigenvalue weighted by atomic mass is 79.9. The zero-order valence-electron chi connectivity index (χ0n) is 27.4. The van der Waals surface area contributed by atoms with Crippen molar-refractivity contribution >= 4 is 55.5 Å². The lowest BCUT2D eigenvalue weighted by Crippen LogP contribution is -2.45. The molecule has 1 unspecified atom stereocenters. The van der Waals surface area contributed by atoms with E-state index < -0.39 is 5.60 Å². The average molecular weight is 779 g/mol. The highest BCUT2D eigenvalue weighted by Crippen LogP contribution is 2.42. The van der Waals surface area contributed by atoms with Crippen LogP contribution in [0.4, 0.5) is 4.79 Å². The first-order valence-electron chi connectivity index (χ1n) is 17.1. The maximum atomic E-state index is 13.3. The minimum absolute atomic E-state index is 0.130. The minimum Gasteiger partial charge on any atom is -0.444 e. The molecular formula is C36H47Br2ClN4O3. The Hall–Kier alpha value is -1.68. The first kappa shape index (κ1) is 34.2. The summed E-state index contributed by atoms with van der Waals surface area (Å²) < 4.78 is 7.50. The average Bonchev–Trinajstić information content (AvgIpc) is 3.17. The van der Waals surface area contributed by atoms with Gasteiger partial charge in [-0.3, -0.25) is 14.7 Å². The van der Waals surface area contributed by atoms with Gasteiger partial charge in [-0.1, -0.05) is 11.6 Å². The number of halogens is 3. The Bertz CT molecular complexity index is 1430. The van der Waals surface area contributed by atoms with Crippen molar-refractivity contribution in [2.45, 2.75) is 90.2 Å². The van der Waals surface area contributed by atoms with Gasteiger partial charge >= 0.3 is 6.09 Å². The lowest BCUT2D eigenvalue weighted by Gasteiger charge is -2.43. The molecule has 0 radical (unpaired) electrons. The summed E-state index contributed by atoms with van der Waals surface area (Å²) in [6.07, 6.45) is 10.5. The van der Waals surface area contributed by atoms with Crippen molar-refractivity contribution in [1.82, 2.24) is 19.7 Å². The second-order valence-electron chi connectivity index (χ2n) is 14.8. The van der Waals surface area contributed by atoms with Crippen LogP contribution < -0.4 is 0 Å². The summed E-state index contributed by atoms with van der Waals surface area (Å²) in [5, 5.41) is 0.768. The maximum Gasteiger partial charge on any atom is 0.410 e. The number of nitrogens with zero attached hydrogens (tertiary/aromatic N) is 4. The van der Waals surface area contributed by atoms with Crippen LogP contribution in [0.25, 0.3) is 0 Å². The number of fused-ring (bicyclic) bond motifs is 2. The van der Waals surface area contributed by atoms with E-state index in [4.69, 9.17) is 21.3 Å². The van der Waals surface area contributed by atoms with Crippen LogP contribution in [-0.4, -0.2) is 76.6 Å². The third-order valence-electron chi connectivity index (χ3n) is 10.6. The number of carbonyl (C=O) groups is 2. The van der Waals surface area contributed by atoms with E-state index >= 15 is 0 Å². The van der Waals surface area contributed by atoms with Gasteiger partial charge in [0.15, 0.2) is 0 Å². The summed E-state index contributed by atoms with van der Waals surface area (Å²) in [6, 6.07) is 6.74. The molecule has 2 aromatic rings. The lowest BCUT2D eigenvalue weighted by atomic mass is 9.78. The summed E-state index contributed by atoms with van der Waals surface area (Å²) in [4.78, 5) is 37.2. The monoisotopic (exact) mass is 776 g/mol. The van der Waals surface area contributed by atoms with Gasteiger partial charge in [0.1, 0.15) is 5.60 Å². The molecule has 6 rings (SSSR count). The molecule has 3 aliphatic heterocycles. The van der Waals surface area contributed by atoms with E-state index in [0.29, 0.717) is 43.2 Å². The van der Waals surface area contributed by atoms with Crippen molar-refractivity contribution in [2.24, 2.45) is 17.8 Å². The van der Waals surface area contributed by atoms with Crippen LogP contribution in [0.15, 0.2) is 33.3 Å². The predicted octanol–water partition coefficient (Wildman–Crippen LogP) is 8.44. The van der Waals surface area contributed by atoms with Crippen molar-refractivity contribution < 1.29 is 14.3 Å². The van der Waals surface area contributed by atoms with Gasteiger partial charge in [0.05, 0.1) is 16.8 Å². The number of benzene rings is 1. The molecule has 10 heteroatoms. The van der Waals surface area contributed by atoms with Crippen LogP contribution >= 0.6 is 43.5 Å². The van der Waals surface area contributed by atoms with Crippen LogP contribution in [0.1, 0.15) is 94.1 Å². The zero-order chi connectivity index (χ0) is 32.6. The highest BCUT2D eigenvalue weighted by molar-refractivity contribution is 9.10. The Labute approximate surface area is 296 Å². The number of hydrogen-bond acceptors (Lipinski definition) is 5. The summed E-state index contributed by atoms with van der Waals surface area (Å²) >= 11 is 13.9. The van der Waals surface area contributed by atoms with E-state index in [0.717, 1.165) is 78.7 Å². The molecule has 4 aliphatic rings. The van der Waals surface area contributed by atoms with E-state index in [1.807, 2.05) is 27.0 Å². The van der Waals surface area contributed by atoms with E-state index in [9.17, 15) is 9.59 Å². The quantitative estimate of drug-likeness (QED) is 0.312. The lowest BCUT2D eigenvalue weighted by molar-refractivity contribution is -0.134. The van der Waals surface area contributed by atoms with Gasteiger partial charge in [-0.2, -0.15) is 0 Å². The van der Waals surface area contributed by atoms with Crippen molar-refractivity contribution in [3.05, 3.63) is 60.7 Å². The molecule has 250 valence electrons. The number of carbonyl (C=O) groups excluding carboxylic acids is 2. The number of aromatic nitrogens is 1. The molecule has 1 atom stereocenters. The number of ether oxygens (including phenoxy) is 1. The fourth-order valence-corrected chi connectivity index (χ4v) is 9.02. The number of hydrogen-bond donors (Lipinski definition) is 0. The summed E-state index contributed by atoms with van der Waals surface area (Å²) in [6.45, 7) is 10.9. The smallest absolute Gasteiger partial charge is 0.410 e. The van der Waals surface area contributed by atoms with E-state index in [2.05, 4.69) is 59.9 Å². The minimum atomic E-state index is -0.484. The van der Waals surface area contributed by atoms with Crippen molar-refractivity contribution in [3.8, 4) is 0 Å². The Morgan fingerprint density at radius 1 is 0.870 bits per heavy atom. The molecule has 7 nitrogen and oxygen atoms in total. The number of likely N-dealkylation sites (tertiary alicyclic amines) is 3. The Kier molecular flexibility index (Phi) is 10.7. The topological polar surface area (TPSA) is 66.0 Å². The molecule has 3 saturated heterocycles. The van der Waals surface area contributed by atoms with Crippen molar-refractivity contribution in [3.63, 3.8) is 0 Å². The third kappa shape index (κ3) is 7.95. The number of amides is 2. The van der Waals surface area contributed by atoms with Crippen LogP contribution in [0, 0.1) is 17.8 Å². The maximum absolute atomic E-state index is 13.3. The standard InChI is InChI=1S/C36H47Br2ClN4O3/c1-36(2,3)46-35(45)43-12-6-23(7-13-43)18-32(44)41-14-8-24(9-15-41)25-10-16-42(17-11-25)34-29-21-30(38)31(39)20-26(29)4-5-27-19-28(37)22-40-33(27)34/h19-25,34H,4-18H2,1-3H3. The second-order valence-corrected chi connectivity index (χ2v) is 16.9. The number of aryl methyl sites for hydroxylation is 2. The largest absolute Gasteiger partial charge is 0.444 e. The zero-order valence-corrected chi connectivity index (χ0v) is 31.3. The first-order valence-corrected chi connectivity index (χ1v) is 19.0. The van der Waals surface area contributed by atoms with Gasteiger partial charge in [0, 0.05) is 47.7 Å². The number of rotatable bonds is 4. The van der Waals surface area contributed by atoms with Gasteiger partial charge in [-0.25, -0.2) is 4.79 Å². The van der Waals surface area contributed by atoms with Crippen LogP contribution in [0.3, 0.4) is 0 Å². The SMILES string of the molecule is CC(C)(C)OC(=O)N1CCC(CC(=O)N2CCC(C3CCN(C4c5cc(Br)c(Cl)cc5CCc5cc(Br)cnc54)CC3)CC2)CC1. The molecule has 0 N–H and O–H groups in total. The Morgan fingerprint density at radius 3 is 2.13 bits per heavy atom. The molecule has 1 aromatic carbocycles. The van der Waals surface area contributed by atoms with Crippen molar-refractivity contribution in [2.75, 3.05) is 39.3 Å². The normalized spacial score (nSPS) is 22.3. The van der Waals surface area contributed by atoms with Crippen LogP contribution in [0.5, 0.6) is 0 Å². The predicted molar refractivity (Wildman–Crippen MR) is 189 cm³/mol. The van der Waals surface area contributed by atoms with Gasteiger partial charge in [-0.05, 0) is 170 Å². The molecule has 1 aliphatic carbocycles. The second kappa shape index (κ2) is 14.4. The number of pyridine rings is 1. The molecule has 0 spiro atoms. The van der Waals surface area contributed by atoms with Gasteiger partial charge in [0.2, 0.25) is 5.91 Å². The molecule has 0 bridgehead atoms. The summed E-state index contributed by atoms with van der Waals surface area (Å²) in [5.41, 5.74) is 4.65. The Morgan fingerprint density at radius 2 is 1.48 bits per heavy atom. The molecular weight excluding hydrogens is 732 g/mol. The Balaban J connectivity index is 1.01. The van der Waals surface area contributed by atoms with E-state index in [1.54, 1.807) is 4.90 Å². The molecule has 3 fully saturated rings. The van der Waals surface area contributed by atoms with Crippen LogP contribution in [-0.2, 0) is 22.4 Å². The third-order valence-corrected chi connectivity index (χ3v) is 12.2. The molecule has 4 heterocycles. The van der Waals surface area contributed by atoms with Gasteiger partial charge in [0.25, 0.3) is 0 Å². The fourth-order valence-electron chi connectivity index (χ4n) is 8.09. The van der Waals surface area contributed by atoms with Crippen molar-refractivity contribution in [1.29, 1.82) is 0 Å². The van der Waals surface area contributed by atoms with E-state index in [1.165, 1.54) is 35.2 Å². The molecule has 0 saturated carbocycles. The number of piperidine rings is 3. The summed E-state index contributed by atoms with van der Waals surface area (Å²) in [5.74, 6) is 2.02. The molecule has 2 amide bonds. The van der Waals surface area contributed by atoms with Gasteiger partial charge < -0.3 is 14.5 Å². The summed E-state index contributed by atoms with van der Waals surface area (Å²) in [7, 11) is 0. The molecule has 46 heavy (non-hydrogen) atoms. The van der Waals surface area contributed by atoms with Crippen LogP contribution in [0.2, 0.25) is 5.02 Å². The first-order chi connectivity index (χ1) is 21.9. The van der Waals surface area contributed by atoms with Gasteiger partial charge in [-0.15, -0.1) is 0 Å². The fraction of sp³-hybridized carbons (Fsp3) is 0.639. The molecule has 1 aromatic heterocycles. The highest BCUT2D eigenvalue weighted by Gasteiger charge is 2.37.